The first-order valence-corrected chi connectivity index (χ1v) is 9.36. The van der Waals surface area contributed by atoms with Gasteiger partial charge in [0.05, 0.1) is 15.0 Å². The summed E-state index contributed by atoms with van der Waals surface area (Å²) in [5.74, 6) is 0.0148. The number of rotatable bonds is 2. The zero-order valence-electron chi connectivity index (χ0n) is 9.84. The minimum absolute atomic E-state index is 0.00334. The molecule has 2 heterocycles. The minimum Gasteiger partial charge on any atom is -0.325 e. The second kappa shape index (κ2) is 5.72. The van der Waals surface area contributed by atoms with Gasteiger partial charge >= 0.3 is 0 Å². The van der Waals surface area contributed by atoms with Crippen LogP contribution in [0.15, 0.2) is 26.5 Å². The topological polar surface area (TPSA) is 29.1 Å². The molecule has 0 aliphatic carbocycles. The molecule has 0 radical (unpaired) electrons. The molecule has 1 aromatic carbocycles. The molecule has 0 fully saturated rings. The molecule has 0 spiro atoms. The number of amides is 1. The van der Waals surface area contributed by atoms with Crippen molar-refractivity contribution >= 4 is 82.3 Å². The second-order valence-corrected chi connectivity index (χ2v) is 8.97. The summed E-state index contributed by atoms with van der Waals surface area (Å²) in [6.45, 7) is 0. The summed E-state index contributed by atoms with van der Waals surface area (Å²) in [6.07, 6.45) is 0.414. The Kier molecular flexibility index (Phi) is 4.30. The number of alkyl halides is 1. The van der Waals surface area contributed by atoms with Gasteiger partial charge in [0.25, 0.3) is 0 Å². The molecule has 0 saturated heterocycles. The summed E-state index contributed by atoms with van der Waals surface area (Å²) in [7, 11) is 0. The van der Waals surface area contributed by atoms with Crippen molar-refractivity contribution in [3.05, 3.63) is 47.5 Å². The van der Waals surface area contributed by atoms with Gasteiger partial charge < -0.3 is 5.32 Å². The fourth-order valence-electron chi connectivity index (χ4n) is 2.10. The van der Waals surface area contributed by atoms with E-state index in [4.69, 9.17) is 11.6 Å². The second-order valence-electron chi connectivity index (χ2n) is 4.39. The lowest BCUT2D eigenvalue weighted by Gasteiger charge is -2.12. The SMILES string of the molecule is O=C1Cc2cc(C(Br)c3cc(Br)c(Br)s3)c(Cl)cc2N1. The maximum absolute atomic E-state index is 11.4. The average molecular weight is 500 g/mol. The van der Waals surface area contributed by atoms with E-state index in [1.54, 1.807) is 11.3 Å². The maximum Gasteiger partial charge on any atom is 0.228 e. The Morgan fingerprint density at radius 2 is 2.05 bits per heavy atom. The number of benzene rings is 1. The van der Waals surface area contributed by atoms with E-state index >= 15 is 0 Å². The Labute approximate surface area is 150 Å². The number of thiophene rings is 1. The number of nitrogens with one attached hydrogen (secondary N) is 1. The molecule has 7 heteroatoms. The number of carbonyl (C=O) groups is 1. The van der Waals surface area contributed by atoms with Crippen molar-refractivity contribution < 1.29 is 4.79 Å². The Balaban J connectivity index is 2.02. The molecule has 1 aromatic heterocycles. The molecule has 2 nitrogen and oxygen atoms in total. The van der Waals surface area contributed by atoms with Crippen molar-refractivity contribution in [1.29, 1.82) is 0 Å². The van der Waals surface area contributed by atoms with Crippen molar-refractivity contribution in [2.24, 2.45) is 0 Å². The highest BCUT2D eigenvalue weighted by Crippen LogP contribution is 2.44. The molecule has 3 rings (SSSR count). The van der Waals surface area contributed by atoms with E-state index in [0.29, 0.717) is 11.4 Å². The zero-order chi connectivity index (χ0) is 14.4. The van der Waals surface area contributed by atoms with E-state index in [9.17, 15) is 4.79 Å². The lowest BCUT2D eigenvalue weighted by Crippen LogP contribution is -2.03. The van der Waals surface area contributed by atoms with Crippen LogP contribution in [-0.2, 0) is 11.2 Å². The standard InChI is InChI=1S/C13H7Br3ClNOS/c14-7-3-10(20-13(7)16)12(15)6-1-5-2-11(19)18-9(5)4-8(6)17/h1,3-4,12H,2H2,(H,18,19). The largest absolute Gasteiger partial charge is 0.325 e. The predicted molar refractivity (Wildman–Crippen MR) is 94.3 cm³/mol. The van der Waals surface area contributed by atoms with Gasteiger partial charge in [-0.05, 0) is 55.1 Å². The van der Waals surface area contributed by atoms with Gasteiger partial charge in [-0.1, -0.05) is 33.6 Å². The highest BCUT2D eigenvalue weighted by Gasteiger charge is 2.23. The van der Waals surface area contributed by atoms with Crippen LogP contribution in [0.3, 0.4) is 0 Å². The van der Waals surface area contributed by atoms with Crippen molar-refractivity contribution in [3.8, 4) is 0 Å². The van der Waals surface area contributed by atoms with E-state index in [0.717, 1.165) is 30.0 Å². The molecule has 104 valence electrons. The summed E-state index contributed by atoms with van der Waals surface area (Å²) in [5, 5.41) is 3.45. The van der Waals surface area contributed by atoms with Gasteiger partial charge in [-0.15, -0.1) is 11.3 Å². The first-order valence-electron chi connectivity index (χ1n) is 5.66. The monoisotopic (exact) mass is 497 g/mol. The zero-order valence-corrected chi connectivity index (χ0v) is 16.2. The molecule has 1 aliphatic heterocycles. The van der Waals surface area contributed by atoms with Gasteiger partial charge in [0, 0.05) is 20.1 Å². The first kappa shape index (κ1) is 15.0. The summed E-state index contributed by atoms with van der Waals surface area (Å²) in [5.41, 5.74) is 2.79. The molecule has 0 saturated carbocycles. The van der Waals surface area contributed by atoms with E-state index in [2.05, 4.69) is 59.2 Å². The lowest BCUT2D eigenvalue weighted by atomic mass is 10.0. The number of fused-ring (bicyclic) bond motifs is 1. The molecule has 1 aliphatic rings. The predicted octanol–water partition coefficient (Wildman–Crippen LogP) is 5.91. The summed E-state index contributed by atoms with van der Waals surface area (Å²) >= 11 is 18.7. The average Bonchev–Trinajstić information content (AvgIpc) is 2.90. The lowest BCUT2D eigenvalue weighted by molar-refractivity contribution is -0.115. The normalized spacial score (nSPS) is 15.1. The smallest absolute Gasteiger partial charge is 0.228 e. The van der Waals surface area contributed by atoms with Crippen molar-refractivity contribution in [1.82, 2.24) is 0 Å². The number of hydrogen-bond acceptors (Lipinski definition) is 2. The fraction of sp³-hybridized carbons (Fsp3) is 0.154. The summed E-state index contributed by atoms with van der Waals surface area (Å²) in [4.78, 5) is 12.6. The van der Waals surface area contributed by atoms with Gasteiger partial charge in [-0.3, -0.25) is 4.79 Å². The molecule has 1 N–H and O–H groups in total. The maximum atomic E-state index is 11.4. The molecular weight excluding hydrogens is 493 g/mol. The van der Waals surface area contributed by atoms with Crippen LogP contribution in [0.5, 0.6) is 0 Å². The van der Waals surface area contributed by atoms with Crippen LogP contribution in [0.25, 0.3) is 0 Å². The molecule has 2 aromatic rings. The van der Waals surface area contributed by atoms with E-state index < -0.39 is 0 Å². The number of hydrogen-bond donors (Lipinski definition) is 1. The number of anilines is 1. The van der Waals surface area contributed by atoms with Crippen molar-refractivity contribution in [3.63, 3.8) is 0 Å². The number of halogens is 4. The Morgan fingerprint density at radius 1 is 1.30 bits per heavy atom. The molecule has 1 atom stereocenters. The number of carbonyl (C=O) groups excluding carboxylic acids is 1. The molecule has 1 amide bonds. The van der Waals surface area contributed by atoms with Crippen LogP contribution in [0, 0.1) is 0 Å². The van der Waals surface area contributed by atoms with Crippen LogP contribution >= 0.6 is 70.7 Å². The van der Waals surface area contributed by atoms with Gasteiger partial charge in [-0.25, -0.2) is 0 Å². The Bertz CT molecular complexity index is 696. The van der Waals surface area contributed by atoms with Gasteiger partial charge in [0.2, 0.25) is 5.91 Å². The molecule has 20 heavy (non-hydrogen) atoms. The van der Waals surface area contributed by atoms with Gasteiger partial charge in [0.1, 0.15) is 0 Å². The minimum atomic E-state index is 0.00334. The van der Waals surface area contributed by atoms with Crippen LogP contribution in [0.2, 0.25) is 5.02 Å². The third kappa shape index (κ3) is 2.73. The fourth-order valence-corrected chi connectivity index (χ4v) is 5.39. The van der Waals surface area contributed by atoms with Gasteiger partial charge in [-0.2, -0.15) is 0 Å². The van der Waals surface area contributed by atoms with Crippen LogP contribution in [-0.4, -0.2) is 5.91 Å². The highest BCUT2D eigenvalue weighted by atomic mass is 79.9. The molecular formula is C13H7Br3ClNOS. The van der Waals surface area contributed by atoms with Gasteiger partial charge in [0.15, 0.2) is 0 Å². The Morgan fingerprint density at radius 3 is 2.70 bits per heavy atom. The van der Waals surface area contributed by atoms with Crippen LogP contribution in [0.1, 0.15) is 20.8 Å². The first-order chi connectivity index (χ1) is 9.45. The molecule has 0 bridgehead atoms. The van der Waals surface area contributed by atoms with Crippen molar-refractivity contribution in [2.75, 3.05) is 5.32 Å². The Hall–Kier alpha value is 0.120. The quantitative estimate of drug-likeness (QED) is 0.511. The van der Waals surface area contributed by atoms with Crippen LogP contribution in [0.4, 0.5) is 5.69 Å². The third-order valence-electron chi connectivity index (χ3n) is 3.03. The summed E-state index contributed by atoms with van der Waals surface area (Å²) < 4.78 is 2.07. The third-order valence-corrected chi connectivity index (χ3v) is 7.97. The van der Waals surface area contributed by atoms with E-state index in [-0.39, 0.29) is 10.7 Å². The molecule has 1 unspecified atom stereocenters. The van der Waals surface area contributed by atoms with Crippen molar-refractivity contribution in [2.45, 2.75) is 11.2 Å². The highest BCUT2D eigenvalue weighted by molar-refractivity contribution is 9.13. The van der Waals surface area contributed by atoms with E-state index in [1.165, 1.54) is 0 Å². The van der Waals surface area contributed by atoms with E-state index in [1.807, 2.05) is 12.1 Å². The summed E-state index contributed by atoms with van der Waals surface area (Å²) in [6, 6.07) is 5.88. The van der Waals surface area contributed by atoms with Crippen LogP contribution < -0.4 is 5.32 Å².